The lowest BCUT2D eigenvalue weighted by Crippen LogP contribution is -2.17. The number of aliphatic imine (C=N–C) groups is 1. The Hall–Kier alpha value is -2.95. The number of hydrazone groups is 1. The summed E-state index contributed by atoms with van der Waals surface area (Å²) in [5, 5.41) is 3.96. The Morgan fingerprint density at radius 1 is 1.04 bits per heavy atom. The molecule has 0 fully saturated rings. The number of hydrogen-bond donors (Lipinski definition) is 2. The summed E-state index contributed by atoms with van der Waals surface area (Å²) in [6.07, 6.45) is 4.49. The van der Waals surface area contributed by atoms with Gasteiger partial charge >= 0.3 is 0 Å². The van der Waals surface area contributed by atoms with E-state index in [1.807, 2.05) is 30.5 Å². The summed E-state index contributed by atoms with van der Waals surface area (Å²) in [5.74, 6) is -0.274. The van der Waals surface area contributed by atoms with E-state index in [4.69, 9.17) is 5.73 Å². The highest BCUT2D eigenvalue weighted by Gasteiger charge is 2.02. The van der Waals surface area contributed by atoms with Crippen LogP contribution in [0.3, 0.4) is 0 Å². The molecule has 0 heterocycles. The first-order valence-corrected chi connectivity index (χ1v) is 7.48. The molecule has 2 aromatic carbocycles. The highest BCUT2D eigenvalue weighted by atomic mass is 16.2. The SMILES string of the molecule is CCCN=Cc1ccc(C=NNC(=O)c2ccc(N)cc2)cc1. The normalized spacial score (nSPS) is 11.2. The Morgan fingerprint density at radius 3 is 2.26 bits per heavy atom. The van der Waals surface area contributed by atoms with Gasteiger partial charge in [0.2, 0.25) is 0 Å². The largest absolute Gasteiger partial charge is 0.399 e. The molecule has 0 bridgehead atoms. The van der Waals surface area contributed by atoms with Crippen molar-refractivity contribution in [3.05, 3.63) is 65.2 Å². The lowest BCUT2D eigenvalue weighted by atomic mass is 10.1. The van der Waals surface area contributed by atoms with Crippen molar-refractivity contribution >= 4 is 24.0 Å². The Bertz CT molecular complexity index is 688. The van der Waals surface area contributed by atoms with Gasteiger partial charge in [0.25, 0.3) is 5.91 Å². The second-order valence-electron chi connectivity index (χ2n) is 5.02. The van der Waals surface area contributed by atoms with E-state index >= 15 is 0 Å². The average Bonchev–Trinajstić information content (AvgIpc) is 2.57. The lowest BCUT2D eigenvalue weighted by Gasteiger charge is -2.00. The minimum atomic E-state index is -0.274. The summed E-state index contributed by atoms with van der Waals surface area (Å²) in [4.78, 5) is 16.2. The van der Waals surface area contributed by atoms with Crippen LogP contribution in [-0.2, 0) is 0 Å². The number of hydrogen-bond acceptors (Lipinski definition) is 4. The van der Waals surface area contributed by atoms with Crippen molar-refractivity contribution in [2.75, 3.05) is 12.3 Å². The van der Waals surface area contributed by atoms with E-state index in [0.29, 0.717) is 11.3 Å². The van der Waals surface area contributed by atoms with Crippen molar-refractivity contribution in [2.24, 2.45) is 10.1 Å². The van der Waals surface area contributed by atoms with Gasteiger partial charge in [-0.3, -0.25) is 9.79 Å². The maximum absolute atomic E-state index is 11.9. The zero-order chi connectivity index (χ0) is 16.5. The van der Waals surface area contributed by atoms with Crippen molar-refractivity contribution in [3.63, 3.8) is 0 Å². The molecule has 0 atom stereocenters. The molecule has 2 rings (SSSR count). The van der Waals surface area contributed by atoms with Crippen molar-refractivity contribution in [2.45, 2.75) is 13.3 Å². The maximum atomic E-state index is 11.9. The van der Waals surface area contributed by atoms with Gasteiger partial charge in [-0.1, -0.05) is 31.2 Å². The zero-order valence-electron chi connectivity index (χ0n) is 13.1. The summed E-state index contributed by atoms with van der Waals surface area (Å²) < 4.78 is 0. The Morgan fingerprint density at radius 2 is 1.65 bits per heavy atom. The van der Waals surface area contributed by atoms with Crippen LogP contribution in [-0.4, -0.2) is 24.9 Å². The van der Waals surface area contributed by atoms with E-state index < -0.39 is 0 Å². The van der Waals surface area contributed by atoms with Crippen molar-refractivity contribution in [1.29, 1.82) is 0 Å². The molecule has 23 heavy (non-hydrogen) atoms. The topological polar surface area (TPSA) is 79.8 Å². The number of carbonyl (C=O) groups excluding carboxylic acids is 1. The molecule has 0 saturated carbocycles. The van der Waals surface area contributed by atoms with Gasteiger partial charge in [-0.2, -0.15) is 5.10 Å². The van der Waals surface area contributed by atoms with Gasteiger partial charge < -0.3 is 5.73 Å². The second kappa shape index (κ2) is 8.48. The van der Waals surface area contributed by atoms with E-state index in [-0.39, 0.29) is 5.91 Å². The minimum absolute atomic E-state index is 0.274. The molecule has 0 saturated heterocycles. The number of nitrogens with one attached hydrogen (secondary N) is 1. The first-order chi connectivity index (χ1) is 11.2. The second-order valence-corrected chi connectivity index (χ2v) is 5.02. The van der Waals surface area contributed by atoms with E-state index in [1.54, 1.807) is 30.5 Å². The summed E-state index contributed by atoms with van der Waals surface area (Å²) >= 11 is 0. The van der Waals surface area contributed by atoms with Crippen LogP contribution in [0.4, 0.5) is 5.69 Å². The summed E-state index contributed by atoms with van der Waals surface area (Å²) in [6.45, 7) is 2.93. The van der Waals surface area contributed by atoms with Crippen LogP contribution in [0, 0.1) is 0 Å². The van der Waals surface area contributed by atoms with Crippen LogP contribution in [0.1, 0.15) is 34.8 Å². The van der Waals surface area contributed by atoms with Gasteiger partial charge in [-0.15, -0.1) is 0 Å². The molecule has 3 N–H and O–H groups in total. The fourth-order valence-corrected chi connectivity index (χ4v) is 1.83. The molecule has 118 valence electrons. The van der Waals surface area contributed by atoms with Gasteiger partial charge in [0.1, 0.15) is 0 Å². The van der Waals surface area contributed by atoms with E-state index in [2.05, 4.69) is 22.4 Å². The summed E-state index contributed by atoms with van der Waals surface area (Å²) in [5.41, 5.74) is 11.1. The number of nitrogen functional groups attached to an aromatic ring is 1. The molecule has 0 aliphatic carbocycles. The van der Waals surface area contributed by atoms with Crippen molar-refractivity contribution in [1.82, 2.24) is 5.43 Å². The molecule has 0 radical (unpaired) electrons. The van der Waals surface area contributed by atoms with E-state index in [9.17, 15) is 4.79 Å². The zero-order valence-corrected chi connectivity index (χ0v) is 13.1. The molecule has 5 nitrogen and oxygen atoms in total. The van der Waals surface area contributed by atoms with Crippen LogP contribution >= 0.6 is 0 Å². The Labute approximate surface area is 135 Å². The first-order valence-electron chi connectivity index (χ1n) is 7.48. The molecule has 0 aliphatic rings. The smallest absolute Gasteiger partial charge is 0.271 e. The number of rotatable bonds is 6. The highest BCUT2D eigenvalue weighted by Crippen LogP contribution is 2.05. The molecule has 1 amide bonds. The fourth-order valence-electron chi connectivity index (χ4n) is 1.83. The molecular weight excluding hydrogens is 288 g/mol. The molecular formula is C18H20N4O. The number of amides is 1. The summed E-state index contributed by atoms with van der Waals surface area (Å²) in [6, 6.07) is 14.4. The number of carbonyl (C=O) groups is 1. The molecule has 0 unspecified atom stereocenters. The fraction of sp³-hybridized carbons (Fsp3) is 0.167. The average molecular weight is 308 g/mol. The van der Waals surface area contributed by atoms with Crippen LogP contribution in [0.2, 0.25) is 0 Å². The minimum Gasteiger partial charge on any atom is -0.399 e. The standard InChI is InChI=1S/C18H20N4O/c1-2-11-20-12-14-3-5-15(6-4-14)13-21-22-18(23)16-7-9-17(19)10-8-16/h3-10,12-13H,2,11,19H2,1H3,(H,22,23). The number of benzene rings is 2. The highest BCUT2D eigenvalue weighted by molar-refractivity contribution is 5.95. The number of nitrogens with two attached hydrogens (primary N) is 1. The molecule has 0 aliphatic heterocycles. The number of nitrogens with zero attached hydrogens (tertiary/aromatic N) is 2. The molecule has 0 aromatic heterocycles. The molecule has 2 aromatic rings. The number of anilines is 1. The van der Waals surface area contributed by atoms with Crippen LogP contribution < -0.4 is 11.2 Å². The third-order valence-electron chi connectivity index (χ3n) is 3.08. The van der Waals surface area contributed by atoms with Gasteiger partial charge in [-0.25, -0.2) is 5.43 Å². The van der Waals surface area contributed by atoms with Gasteiger partial charge in [0, 0.05) is 24.0 Å². The van der Waals surface area contributed by atoms with Crippen molar-refractivity contribution in [3.8, 4) is 0 Å². The van der Waals surface area contributed by atoms with Gasteiger partial charge in [-0.05, 0) is 41.8 Å². The molecule has 5 heteroatoms. The van der Waals surface area contributed by atoms with Crippen molar-refractivity contribution < 1.29 is 4.79 Å². The van der Waals surface area contributed by atoms with Crippen LogP contribution in [0.15, 0.2) is 58.6 Å². The third-order valence-corrected chi connectivity index (χ3v) is 3.08. The maximum Gasteiger partial charge on any atom is 0.271 e. The predicted octanol–water partition coefficient (Wildman–Crippen LogP) is 2.86. The van der Waals surface area contributed by atoms with Crippen LogP contribution in [0.5, 0.6) is 0 Å². The van der Waals surface area contributed by atoms with E-state index in [1.165, 1.54) is 0 Å². The quantitative estimate of drug-likeness (QED) is 0.489. The van der Waals surface area contributed by atoms with Crippen LogP contribution in [0.25, 0.3) is 0 Å². The van der Waals surface area contributed by atoms with Gasteiger partial charge in [0.05, 0.1) is 6.21 Å². The predicted molar refractivity (Wildman–Crippen MR) is 95.1 cm³/mol. The lowest BCUT2D eigenvalue weighted by molar-refractivity contribution is 0.0955. The third kappa shape index (κ3) is 5.39. The molecule has 0 spiro atoms. The monoisotopic (exact) mass is 308 g/mol. The first kappa shape index (κ1) is 16.4. The van der Waals surface area contributed by atoms with E-state index in [0.717, 1.165) is 24.1 Å². The Balaban J connectivity index is 1.90. The Kier molecular flexibility index (Phi) is 6.06. The summed E-state index contributed by atoms with van der Waals surface area (Å²) in [7, 11) is 0. The van der Waals surface area contributed by atoms with Gasteiger partial charge in [0.15, 0.2) is 0 Å².